The number of carbonyl (C=O) groups is 2. The van der Waals surface area contributed by atoms with Gasteiger partial charge in [0.15, 0.2) is 0 Å². The minimum absolute atomic E-state index is 0.0191. The van der Waals surface area contributed by atoms with Gasteiger partial charge in [0.1, 0.15) is 6.04 Å². The number of hydrogen-bond donors (Lipinski definition) is 4. The van der Waals surface area contributed by atoms with Crippen molar-refractivity contribution < 1.29 is 27.9 Å². The number of carboxylic acids is 1. The highest BCUT2D eigenvalue weighted by Crippen LogP contribution is 1.94. The van der Waals surface area contributed by atoms with Crippen LogP contribution in [0.4, 0.5) is 0 Å². The Bertz CT molecular complexity index is 368. The van der Waals surface area contributed by atoms with Gasteiger partial charge in [0.25, 0.3) is 10.2 Å². The molecule has 0 aliphatic heterocycles. The Morgan fingerprint density at radius 1 is 1.47 bits per heavy atom. The highest BCUT2D eigenvalue weighted by Gasteiger charge is 2.25. The number of carbonyl (C=O) groups excluding carboxylic acids is 1. The molecule has 0 bridgehead atoms. The standard InChI is InChI=1S/C7H15N3O6S/c1-16-3-2-9-17(14,15)10-5(7(12)13)4-6(8)11/h5,9-10H,2-4H2,1H3,(H2,8,11)(H,12,13)/t5-/m1/s1. The third-order valence-corrected chi connectivity index (χ3v) is 2.78. The van der Waals surface area contributed by atoms with E-state index in [1.54, 1.807) is 4.72 Å². The van der Waals surface area contributed by atoms with Crippen LogP contribution in [0.25, 0.3) is 0 Å². The lowest BCUT2D eigenvalue weighted by Crippen LogP contribution is -2.48. The van der Waals surface area contributed by atoms with Crippen molar-refractivity contribution in [3.8, 4) is 0 Å². The van der Waals surface area contributed by atoms with Crippen molar-refractivity contribution in [1.82, 2.24) is 9.44 Å². The number of rotatable bonds is 9. The van der Waals surface area contributed by atoms with Crippen molar-refractivity contribution in [3.63, 3.8) is 0 Å². The minimum atomic E-state index is -4.01. The van der Waals surface area contributed by atoms with Gasteiger partial charge in [-0.05, 0) is 0 Å². The maximum atomic E-state index is 11.3. The normalized spacial score (nSPS) is 13.2. The molecule has 9 nitrogen and oxygen atoms in total. The van der Waals surface area contributed by atoms with Crippen LogP contribution in [0, 0.1) is 0 Å². The zero-order valence-corrected chi connectivity index (χ0v) is 9.99. The zero-order chi connectivity index (χ0) is 13.5. The highest BCUT2D eigenvalue weighted by atomic mass is 32.2. The van der Waals surface area contributed by atoms with Gasteiger partial charge >= 0.3 is 5.97 Å². The number of methoxy groups -OCH3 is 1. The topological polar surface area (TPSA) is 148 Å². The van der Waals surface area contributed by atoms with Crippen LogP contribution in [-0.2, 0) is 24.5 Å². The molecule has 0 radical (unpaired) electrons. The molecule has 0 aromatic rings. The first-order valence-corrected chi connectivity index (χ1v) is 6.03. The van der Waals surface area contributed by atoms with E-state index in [1.165, 1.54) is 7.11 Å². The molecular weight excluding hydrogens is 254 g/mol. The summed E-state index contributed by atoms with van der Waals surface area (Å²) < 4.78 is 31.1. The minimum Gasteiger partial charge on any atom is -0.480 e. The van der Waals surface area contributed by atoms with Gasteiger partial charge in [0, 0.05) is 13.7 Å². The summed E-state index contributed by atoms with van der Waals surface area (Å²) >= 11 is 0. The lowest BCUT2D eigenvalue weighted by atomic mass is 10.2. The third-order valence-electron chi connectivity index (χ3n) is 1.60. The Morgan fingerprint density at radius 2 is 2.06 bits per heavy atom. The first-order chi connectivity index (χ1) is 7.78. The van der Waals surface area contributed by atoms with Crippen LogP contribution in [0.2, 0.25) is 0 Å². The quantitative estimate of drug-likeness (QED) is 0.337. The summed E-state index contributed by atoms with van der Waals surface area (Å²) in [6.07, 6.45) is -0.624. The van der Waals surface area contributed by atoms with Crippen LogP contribution in [0.3, 0.4) is 0 Å². The molecule has 5 N–H and O–H groups in total. The van der Waals surface area contributed by atoms with Gasteiger partial charge in [0.05, 0.1) is 13.0 Å². The van der Waals surface area contributed by atoms with Crippen molar-refractivity contribution in [2.45, 2.75) is 12.5 Å². The second-order valence-electron chi connectivity index (χ2n) is 3.07. The monoisotopic (exact) mass is 269 g/mol. The van der Waals surface area contributed by atoms with E-state index < -0.39 is 34.5 Å². The first-order valence-electron chi connectivity index (χ1n) is 4.55. The van der Waals surface area contributed by atoms with Crippen LogP contribution >= 0.6 is 0 Å². The molecule has 10 heteroatoms. The predicted molar refractivity (Wildman–Crippen MR) is 57.2 cm³/mol. The number of ether oxygens (including phenoxy) is 1. The largest absolute Gasteiger partial charge is 0.480 e. The van der Waals surface area contributed by atoms with Crippen LogP contribution in [0.1, 0.15) is 6.42 Å². The van der Waals surface area contributed by atoms with Gasteiger partial charge in [-0.25, -0.2) is 0 Å². The van der Waals surface area contributed by atoms with E-state index in [4.69, 9.17) is 10.8 Å². The number of aliphatic carboxylic acids is 1. The van der Waals surface area contributed by atoms with E-state index in [-0.39, 0.29) is 13.2 Å². The Balaban J connectivity index is 4.42. The van der Waals surface area contributed by atoms with E-state index in [9.17, 15) is 18.0 Å². The number of nitrogens with two attached hydrogens (primary N) is 1. The summed E-state index contributed by atoms with van der Waals surface area (Å²) in [6, 6.07) is -1.59. The molecule has 0 aliphatic rings. The van der Waals surface area contributed by atoms with E-state index in [2.05, 4.69) is 4.74 Å². The van der Waals surface area contributed by atoms with Crippen LogP contribution in [-0.4, -0.2) is 51.7 Å². The van der Waals surface area contributed by atoms with E-state index in [0.29, 0.717) is 0 Å². The molecule has 1 atom stereocenters. The third kappa shape index (κ3) is 7.63. The maximum Gasteiger partial charge on any atom is 0.322 e. The SMILES string of the molecule is COCCNS(=O)(=O)N[C@H](CC(N)=O)C(=O)O. The average molecular weight is 269 g/mol. The average Bonchev–Trinajstić information content (AvgIpc) is 2.15. The van der Waals surface area contributed by atoms with Gasteiger partial charge in [-0.15, -0.1) is 0 Å². The van der Waals surface area contributed by atoms with Gasteiger partial charge in [-0.1, -0.05) is 0 Å². The van der Waals surface area contributed by atoms with E-state index in [1.807, 2.05) is 4.72 Å². The summed E-state index contributed by atoms with van der Waals surface area (Å²) in [5.41, 5.74) is 4.79. The second-order valence-corrected chi connectivity index (χ2v) is 4.60. The molecule has 0 aromatic heterocycles. The molecule has 0 saturated carbocycles. The molecule has 0 spiro atoms. The number of primary amides is 1. The molecule has 0 rings (SSSR count). The maximum absolute atomic E-state index is 11.3. The van der Waals surface area contributed by atoms with Crippen LogP contribution in [0.5, 0.6) is 0 Å². The number of amides is 1. The van der Waals surface area contributed by atoms with E-state index >= 15 is 0 Å². The smallest absolute Gasteiger partial charge is 0.322 e. The highest BCUT2D eigenvalue weighted by molar-refractivity contribution is 7.87. The second kappa shape index (κ2) is 7.17. The summed E-state index contributed by atoms with van der Waals surface area (Å²) in [6.45, 7) is 0.114. The number of carboxylic acid groups (broad SMARTS) is 1. The fourth-order valence-electron chi connectivity index (χ4n) is 0.888. The van der Waals surface area contributed by atoms with Crippen molar-refractivity contribution in [2.75, 3.05) is 20.3 Å². The molecule has 100 valence electrons. The Kier molecular flexibility index (Phi) is 6.65. The van der Waals surface area contributed by atoms with Crippen LogP contribution < -0.4 is 15.2 Å². The van der Waals surface area contributed by atoms with Crippen molar-refractivity contribution >= 4 is 22.1 Å². The summed E-state index contributed by atoms with van der Waals surface area (Å²) in [7, 11) is -2.63. The molecule has 0 aromatic carbocycles. The lowest BCUT2D eigenvalue weighted by Gasteiger charge is -2.13. The summed E-state index contributed by atoms with van der Waals surface area (Å²) in [5.74, 6) is -2.40. The fraction of sp³-hybridized carbons (Fsp3) is 0.714. The lowest BCUT2D eigenvalue weighted by molar-refractivity contribution is -0.140. The molecule has 0 heterocycles. The fourth-order valence-corrected chi connectivity index (χ4v) is 1.88. The summed E-state index contributed by atoms with van der Waals surface area (Å²) in [5, 5.41) is 8.67. The Hall–Kier alpha value is -1.23. The predicted octanol–water partition coefficient (Wildman–Crippen LogP) is -2.61. The summed E-state index contributed by atoms with van der Waals surface area (Å²) in [4.78, 5) is 21.2. The Morgan fingerprint density at radius 3 is 2.47 bits per heavy atom. The molecule has 0 aliphatic carbocycles. The van der Waals surface area contributed by atoms with Crippen LogP contribution in [0.15, 0.2) is 0 Å². The van der Waals surface area contributed by atoms with Crippen molar-refractivity contribution in [1.29, 1.82) is 0 Å². The van der Waals surface area contributed by atoms with Gasteiger partial charge in [-0.2, -0.15) is 17.9 Å². The van der Waals surface area contributed by atoms with Crippen molar-refractivity contribution in [2.24, 2.45) is 5.73 Å². The molecule has 0 unspecified atom stereocenters. The molecule has 1 amide bonds. The van der Waals surface area contributed by atoms with Gasteiger partial charge in [0.2, 0.25) is 5.91 Å². The van der Waals surface area contributed by atoms with Crippen molar-refractivity contribution in [3.05, 3.63) is 0 Å². The molecule has 0 saturated heterocycles. The first kappa shape index (κ1) is 15.8. The molecule has 17 heavy (non-hydrogen) atoms. The zero-order valence-electron chi connectivity index (χ0n) is 9.17. The Labute approximate surface area is 98.5 Å². The van der Waals surface area contributed by atoms with E-state index in [0.717, 1.165) is 0 Å². The molecule has 0 fully saturated rings. The van der Waals surface area contributed by atoms with Gasteiger partial charge in [-0.3, -0.25) is 9.59 Å². The molecular formula is C7H15N3O6S. The number of nitrogens with one attached hydrogen (secondary N) is 2. The van der Waals surface area contributed by atoms with Gasteiger partial charge < -0.3 is 15.6 Å². The number of hydrogen-bond acceptors (Lipinski definition) is 5.